The van der Waals surface area contributed by atoms with Gasteiger partial charge in [-0.05, 0) is 61.9 Å². The minimum Gasteiger partial charge on any atom is -0.393 e. The number of Topliss-reactive ketones (excluding diaryl/α,β-unsaturated/α-hetero) is 1. The van der Waals surface area contributed by atoms with Gasteiger partial charge >= 0.3 is 0 Å². The van der Waals surface area contributed by atoms with Gasteiger partial charge in [-0.3, -0.25) is 9.78 Å². The Morgan fingerprint density at radius 3 is 2.54 bits per heavy atom. The van der Waals surface area contributed by atoms with Crippen molar-refractivity contribution in [3.8, 4) is 22.6 Å². The number of hydrogen-bond acceptors (Lipinski definition) is 10. The van der Waals surface area contributed by atoms with Crippen molar-refractivity contribution in [3.63, 3.8) is 0 Å². The lowest BCUT2D eigenvalue weighted by molar-refractivity contribution is -0.228. The van der Waals surface area contributed by atoms with E-state index in [2.05, 4.69) is 25.3 Å². The first kappa shape index (κ1) is 28.1. The number of halogens is 1. The lowest BCUT2D eigenvalue weighted by atomic mass is 9.83. The zero-order valence-electron chi connectivity index (χ0n) is 22.6. The average molecular weight is 560 g/mol. The fourth-order valence-electron chi connectivity index (χ4n) is 4.42. The molecule has 1 aliphatic heterocycles. The maximum absolute atomic E-state index is 13.7. The summed E-state index contributed by atoms with van der Waals surface area (Å²) in [7, 11) is 0. The molecular formula is C29H30FN7O4. The lowest BCUT2D eigenvalue weighted by Gasteiger charge is -2.35. The van der Waals surface area contributed by atoms with Gasteiger partial charge in [-0.25, -0.2) is 19.3 Å². The summed E-state index contributed by atoms with van der Waals surface area (Å²) in [4.78, 5) is 33.8. The number of nitrogens with zero attached hydrogens (tertiary/aromatic N) is 4. The monoisotopic (exact) mass is 559 g/mol. The largest absolute Gasteiger partial charge is 0.393 e. The number of pyridine rings is 1. The van der Waals surface area contributed by atoms with Gasteiger partial charge in [0.05, 0.1) is 47.5 Å². The SMILES string of the molecule is CC(O)CC(=N)C(=O)C1(C)COC(c2nc(-c3ccc(F)cc3)c(-c3ccnc(NCc4ccncc4)n3)[nH]2)OC1. The van der Waals surface area contributed by atoms with Crippen LogP contribution in [0.15, 0.2) is 61.1 Å². The van der Waals surface area contributed by atoms with Crippen LogP contribution in [0.4, 0.5) is 10.3 Å². The van der Waals surface area contributed by atoms with E-state index < -0.39 is 23.6 Å². The third-order valence-corrected chi connectivity index (χ3v) is 6.60. The minimum absolute atomic E-state index is 0.00279. The van der Waals surface area contributed by atoms with Crippen LogP contribution in [-0.2, 0) is 20.8 Å². The molecule has 0 aliphatic carbocycles. The predicted octanol–water partition coefficient (Wildman–Crippen LogP) is 4.09. The summed E-state index contributed by atoms with van der Waals surface area (Å²) in [6.07, 6.45) is 3.29. The van der Waals surface area contributed by atoms with E-state index >= 15 is 0 Å². The van der Waals surface area contributed by atoms with Gasteiger partial charge in [-0.15, -0.1) is 0 Å². The molecule has 12 heteroatoms. The number of carbonyl (C=O) groups is 1. The van der Waals surface area contributed by atoms with Gasteiger partial charge in [-0.1, -0.05) is 0 Å². The van der Waals surface area contributed by atoms with Crippen LogP contribution in [-0.4, -0.2) is 60.8 Å². The fraction of sp³-hybridized carbons (Fsp3) is 0.310. The Hall–Kier alpha value is -4.39. The van der Waals surface area contributed by atoms with Crippen LogP contribution in [0.5, 0.6) is 0 Å². The van der Waals surface area contributed by atoms with E-state index in [1.165, 1.54) is 19.1 Å². The number of carbonyl (C=O) groups excluding carboxylic acids is 1. The van der Waals surface area contributed by atoms with Crippen molar-refractivity contribution in [2.24, 2.45) is 5.41 Å². The molecule has 0 spiro atoms. The van der Waals surface area contributed by atoms with Gasteiger partial charge in [0, 0.05) is 37.1 Å². The molecule has 0 bridgehead atoms. The third kappa shape index (κ3) is 6.51. The molecular weight excluding hydrogens is 529 g/mol. The quantitative estimate of drug-likeness (QED) is 0.210. The van der Waals surface area contributed by atoms with E-state index in [0.717, 1.165) is 5.56 Å². The maximum atomic E-state index is 13.7. The molecule has 1 unspecified atom stereocenters. The van der Waals surface area contributed by atoms with Crippen LogP contribution in [0.2, 0.25) is 0 Å². The van der Waals surface area contributed by atoms with Crippen molar-refractivity contribution in [1.82, 2.24) is 24.9 Å². The number of nitrogens with one attached hydrogen (secondary N) is 3. The van der Waals surface area contributed by atoms with Crippen molar-refractivity contribution in [2.75, 3.05) is 18.5 Å². The molecule has 41 heavy (non-hydrogen) atoms. The summed E-state index contributed by atoms with van der Waals surface area (Å²) >= 11 is 0. The second-order valence-corrected chi connectivity index (χ2v) is 10.2. The molecule has 0 amide bonds. The first-order chi connectivity index (χ1) is 19.7. The van der Waals surface area contributed by atoms with Crippen LogP contribution >= 0.6 is 0 Å². The fourth-order valence-corrected chi connectivity index (χ4v) is 4.42. The van der Waals surface area contributed by atoms with Gasteiger partial charge < -0.3 is 30.3 Å². The van der Waals surface area contributed by atoms with Crippen LogP contribution in [0.25, 0.3) is 22.6 Å². The van der Waals surface area contributed by atoms with E-state index in [1.54, 1.807) is 43.7 Å². The third-order valence-electron chi connectivity index (χ3n) is 6.60. The van der Waals surface area contributed by atoms with E-state index in [-0.39, 0.29) is 31.2 Å². The molecule has 0 saturated carbocycles. The molecule has 11 nitrogen and oxygen atoms in total. The lowest BCUT2D eigenvalue weighted by Crippen LogP contribution is -2.46. The highest BCUT2D eigenvalue weighted by molar-refractivity contribution is 6.40. The van der Waals surface area contributed by atoms with Crippen molar-refractivity contribution in [2.45, 2.75) is 39.2 Å². The minimum atomic E-state index is -1.07. The summed E-state index contributed by atoms with van der Waals surface area (Å²) in [6.45, 7) is 3.69. The molecule has 4 heterocycles. The first-order valence-corrected chi connectivity index (χ1v) is 13.1. The summed E-state index contributed by atoms with van der Waals surface area (Å²) in [5, 5.41) is 20.8. The molecule has 1 saturated heterocycles. The molecule has 212 valence electrons. The van der Waals surface area contributed by atoms with Gasteiger partial charge in [0.15, 0.2) is 11.6 Å². The van der Waals surface area contributed by atoms with E-state index in [1.807, 2.05) is 12.1 Å². The second-order valence-electron chi connectivity index (χ2n) is 10.2. The van der Waals surface area contributed by atoms with Crippen molar-refractivity contribution in [3.05, 3.63) is 78.3 Å². The number of benzene rings is 1. The molecule has 4 N–H and O–H groups in total. The molecule has 1 aromatic carbocycles. The zero-order chi connectivity index (χ0) is 29.0. The maximum Gasteiger partial charge on any atom is 0.223 e. The highest BCUT2D eigenvalue weighted by atomic mass is 19.1. The number of imidazole rings is 1. The molecule has 4 aromatic rings. The van der Waals surface area contributed by atoms with Gasteiger partial charge in [0.25, 0.3) is 0 Å². The first-order valence-electron chi connectivity index (χ1n) is 13.1. The Kier molecular flexibility index (Phi) is 8.24. The van der Waals surface area contributed by atoms with E-state index in [9.17, 15) is 14.3 Å². The highest BCUT2D eigenvalue weighted by Crippen LogP contribution is 2.36. The Balaban J connectivity index is 1.40. The Morgan fingerprint density at radius 1 is 1.15 bits per heavy atom. The number of aliphatic hydroxyl groups is 1. The Morgan fingerprint density at radius 2 is 1.85 bits per heavy atom. The van der Waals surface area contributed by atoms with Crippen molar-refractivity contribution < 1.29 is 23.8 Å². The number of H-pyrrole nitrogens is 1. The van der Waals surface area contributed by atoms with Crippen LogP contribution < -0.4 is 5.32 Å². The molecule has 1 atom stereocenters. The number of anilines is 1. The summed E-state index contributed by atoms with van der Waals surface area (Å²) < 4.78 is 25.5. The Bertz CT molecular complexity index is 1520. The molecule has 1 aliphatic rings. The zero-order valence-corrected chi connectivity index (χ0v) is 22.6. The van der Waals surface area contributed by atoms with E-state index in [0.29, 0.717) is 41.0 Å². The summed E-state index contributed by atoms with van der Waals surface area (Å²) in [5.41, 5.74) is 2.02. The van der Waals surface area contributed by atoms with Gasteiger partial charge in [0.1, 0.15) is 5.82 Å². The number of aromatic nitrogens is 5. The van der Waals surface area contributed by atoms with Gasteiger partial charge in [-0.2, -0.15) is 0 Å². The molecule has 5 rings (SSSR count). The second kappa shape index (κ2) is 12.0. The van der Waals surface area contributed by atoms with E-state index in [4.69, 9.17) is 19.9 Å². The smallest absolute Gasteiger partial charge is 0.223 e. The van der Waals surface area contributed by atoms with Crippen molar-refractivity contribution in [1.29, 1.82) is 5.41 Å². The number of hydrogen-bond donors (Lipinski definition) is 4. The standard InChI is InChI=1S/C29H30FN7O4/c1-17(38)13-21(31)25(39)29(2)15-40-27(41-16-29)26-36-23(19-3-5-20(30)6-4-19)24(37-26)22-9-12-33-28(35-22)34-14-18-7-10-32-11-8-18/h3-12,17,27,31,38H,13-16H2,1-2H3,(H,36,37)(H,33,34,35). The molecule has 0 radical (unpaired) electrons. The number of rotatable bonds is 10. The number of aliphatic hydroxyl groups excluding tert-OH is 1. The topological polar surface area (TPSA) is 159 Å². The summed E-state index contributed by atoms with van der Waals surface area (Å²) in [6, 6.07) is 11.5. The predicted molar refractivity (Wildman–Crippen MR) is 148 cm³/mol. The normalized spacial score (nSPS) is 19.5. The number of ketones is 1. The summed E-state index contributed by atoms with van der Waals surface area (Å²) in [5.74, 6) is -0.0612. The average Bonchev–Trinajstić information content (AvgIpc) is 3.42. The Labute approximate surface area is 235 Å². The van der Waals surface area contributed by atoms with Crippen molar-refractivity contribution >= 4 is 17.4 Å². The highest BCUT2D eigenvalue weighted by Gasteiger charge is 2.42. The molecule has 1 fully saturated rings. The van der Waals surface area contributed by atoms with Gasteiger partial charge in [0.2, 0.25) is 12.2 Å². The number of aromatic amines is 1. The van der Waals surface area contributed by atoms with Crippen LogP contribution in [0, 0.1) is 16.6 Å². The molecule has 3 aromatic heterocycles. The number of ether oxygens (including phenoxy) is 2. The van der Waals surface area contributed by atoms with Crippen LogP contribution in [0.3, 0.4) is 0 Å². The van der Waals surface area contributed by atoms with Crippen LogP contribution in [0.1, 0.15) is 37.9 Å².